The van der Waals surface area contributed by atoms with Crippen LogP contribution in [-0.4, -0.2) is 73.4 Å². The van der Waals surface area contributed by atoms with Gasteiger partial charge in [-0.3, -0.25) is 19.4 Å². The number of hydrogen-bond donors (Lipinski definition) is 1. The van der Waals surface area contributed by atoms with Crippen molar-refractivity contribution in [1.82, 2.24) is 4.90 Å². The van der Waals surface area contributed by atoms with Gasteiger partial charge in [-0.05, 0) is 74.9 Å². The zero-order valence-corrected chi connectivity index (χ0v) is 23.9. The number of amides is 1. The van der Waals surface area contributed by atoms with Crippen molar-refractivity contribution < 1.29 is 29.0 Å². The van der Waals surface area contributed by atoms with Gasteiger partial charge < -0.3 is 19.5 Å². The van der Waals surface area contributed by atoms with E-state index >= 15 is 0 Å². The molecule has 1 atom stereocenters. The molecular weight excluding hydrogens is 510 g/mol. The van der Waals surface area contributed by atoms with Crippen molar-refractivity contribution >= 4 is 29.2 Å². The number of rotatable bonds is 12. The van der Waals surface area contributed by atoms with Crippen LogP contribution in [0.4, 0.5) is 11.4 Å². The van der Waals surface area contributed by atoms with Crippen molar-refractivity contribution in [3.05, 3.63) is 53.1 Å². The van der Waals surface area contributed by atoms with Gasteiger partial charge in [-0.2, -0.15) is 0 Å². The van der Waals surface area contributed by atoms with Gasteiger partial charge in [0.2, 0.25) is 5.91 Å². The molecule has 1 N–H and O–H groups in total. The lowest BCUT2D eigenvalue weighted by Gasteiger charge is -2.37. The second kappa shape index (κ2) is 13.7. The van der Waals surface area contributed by atoms with Gasteiger partial charge in [0.05, 0.1) is 12.3 Å². The van der Waals surface area contributed by atoms with E-state index < -0.39 is 18.2 Å². The standard InChI is InChI=1S/C31H41N3O6/c1-4-8-29(36)40-30(31(37)38)34-27-21-25(13-11-24(27)12-14-28(34)35)39-20-6-5-15-32-16-18-33(19-17-32)26-10-7-9-22(2)23(26)3/h7,9-11,13,21,30H,4-6,8,12,14-20H2,1-3H3,(H,37,38). The lowest BCUT2D eigenvalue weighted by Crippen LogP contribution is -2.50. The third-order valence-electron chi connectivity index (χ3n) is 7.76. The molecule has 4 rings (SSSR count). The third kappa shape index (κ3) is 7.13. The quantitative estimate of drug-likeness (QED) is 0.308. The number of carboxylic acids is 1. The monoisotopic (exact) mass is 551 g/mol. The Kier molecular flexibility index (Phi) is 10.0. The van der Waals surface area contributed by atoms with Gasteiger partial charge in [0, 0.05) is 50.8 Å². The summed E-state index contributed by atoms with van der Waals surface area (Å²) < 4.78 is 11.2. The molecule has 1 fully saturated rings. The molecule has 0 saturated carbocycles. The molecule has 1 amide bonds. The Morgan fingerprint density at radius 3 is 2.50 bits per heavy atom. The van der Waals surface area contributed by atoms with Crippen LogP contribution in [0, 0.1) is 13.8 Å². The zero-order valence-electron chi connectivity index (χ0n) is 23.9. The Bertz CT molecular complexity index is 1210. The maximum Gasteiger partial charge on any atom is 0.367 e. The molecule has 40 heavy (non-hydrogen) atoms. The Hall–Kier alpha value is -3.59. The molecule has 0 aromatic heterocycles. The highest BCUT2D eigenvalue weighted by atomic mass is 16.6. The summed E-state index contributed by atoms with van der Waals surface area (Å²) in [5, 5.41) is 9.75. The first-order valence-corrected chi connectivity index (χ1v) is 14.3. The van der Waals surface area contributed by atoms with Gasteiger partial charge in [0.1, 0.15) is 5.75 Å². The lowest BCUT2D eigenvalue weighted by molar-refractivity contribution is -0.165. The average molecular weight is 552 g/mol. The minimum atomic E-state index is -1.70. The summed E-state index contributed by atoms with van der Waals surface area (Å²) in [6.45, 7) is 11.8. The number of fused-ring (bicyclic) bond motifs is 1. The van der Waals surface area contributed by atoms with Gasteiger partial charge in [0.25, 0.3) is 6.23 Å². The molecule has 2 aromatic carbocycles. The second-order valence-corrected chi connectivity index (χ2v) is 10.6. The predicted molar refractivity (Wildman–Crippen MR) is 154 cm³/mol. The van der Waals surface area contributed by atoms with E-state index in [9.17, 15) is 19.5 Å². The highest BCUT2D eigenvalue weighted by Crippen LogP contribution is 2.34. The number of hydrogen-bond acceptors (Lipinski definition) is 7. The van der Waals surface area contributed by atoms with Crippen LogP contribution in [0.15, 0.2) is 36.4 Å². The van der Waals surface area contributed by atoms with Crippen molar-refractivity contribution in [2.75, 3.05) is 49.1 Å². The molecule has 9 heteroatoms. The Balaban J connectivity index is 1.27. The molecule has 0 radical (unpaired) electrons. The van der Waals surface area contributed by atoms with Crippen LogP contribution in [0.5, 0.6) is 5.75 Å². The predicted octanol–water partition coefficient (Wildman–Crippen LogP) is 4.32. The zero-order chi connectivity index (χ0) is 28.6. The molecule has 2 aromatic rings. The Labute approximate surface area is 236 Å². The number of aryl methyl sites for hydroxylation is 2. The first kappa shape index (κ1) is 29.4. The molecule has 0 spiro atoms. The lowest BCUT2D eigenvalue weighted by atomic mass is 10.0. The van der Waals surface area contributed by atoms with Crippen LogP contribution in [0.2, 0.25) is 0 Å². The second-order valence-electron chi connectivity index (χ2n) is 10.6. The van der Waals surface area contributed by atoms with E-state index in [2.05, 4.69) is 41.8 Å². The van der Waals surface area contributed by atoms with Crippen molar-refractivity contribution in [1.29, 1.82) is 0 Å². The molecule has 9 nitrogen and oxygen atoms in total. The molecule has 1 saturated heterocycles. The molecule has 2 heterocycles. The van der Waals surface area contributed by atoms with Crippen LogP contribution in [0.3, 0.4) is 0 Å². The number of aliphatic carboxylic acids is 1. The smallest absolute Gasteiger partial charge is 0.367 e. The number of esters is 1. The van der Waals surface area contributed by atoms with E-state index in [4.69, 9.17) is 9.47 Å². The summed E-state index contributed by atoms with van der Waals surface area (Å²) in [6.07, 6.45) is 1.45. The number of benzene rings is 2. The Morgan fingerprint density at radius 2 is 1.77 bits per heavy atom. The maximum absolute atomic E-state index is 12.8. The highest BCUT2D eigenvalue weighted by Gasteiger charge is 2.37. The fraction of sp³-hybridized carbons (Fsp3) is 0.516. The van der Waals surface area contributed by atoms with Crippen LogP contribution in [0.25, 0.3) is 0 Å². The molecule has 1 unspecified atom stereocenters. The van der Waals surface area contributed by atoms with Crippen molar-refractivity contribution in [2.45, 2.75) is 65.5 Å². The first-order chi connectivity index (χ1) is 19.3. The van der Waals surface area contributed by atoms with Gasteiger partial charge in [0.15, 0.2) is 0 Å². The van der Waals surface area contributed by atoms with E-state index in [1.54, 1.807) is 13.0 Å². The fourth-order valence-electron chi connectivity index (χ4n) is 5.34. The number of piperazine rings is 1. The van der Waals surface area contributed by atoms with Crippen LogP contribution in [0.1, 0.15) is 55.7 Å². The van der Waals surface area contributed by atoms with Crippen molar-refractivity contribution in [3.63, 3.8) is 0 Å². The summed E-state index contributed by atoms with van der Waals surface area (Å²) in [5.41, 5.74) is 5.28. The minimum Gasteiger partial charge on any atom is -0.494 e. The van der Waals surface area contributed by atoms with Crippen LogP contribution < -0.4 is 14.5 Å². The summed E-state index contributed by atoms with van der Waals surface area (Å²) in [6, 6.07) is 11.9. The number of anilines is 2. The highest BCUT2D eigenvalue weighted by molar-refractivity contribution is 6.01. The number of carboxylic acid groups (broad SMARTS) is 1. The number of ether oxygens (including phenoxy) is 2. The van der Waals surface area contributed by atoms with Gasteiger partial charge in [-0.15, -0.1) is 0 Å². The molecule has 0 bridgehead atoms. The summed E-state index contributed by atoms with van der Waals surface area (Å²) >= 11 is 0. The molecule has 216 valence electrons. The fourth-order valence-corrected chi connectivity index (χ4v) is 5.34. The van der Waals surface area contributed by atoms with E-state index in [1.165, 1.54) is 16.8 Å². The first-order valence-electron chi connectivity index (χ1n) is 14.3. The maximum atomic E-state index is 12.8. The SMILES string of the molecule is CCCC(=O)OC(C(=O)O)N1C(=O)CCc2ccc(OCCCCN3CCN(c4cccc(C)c4C)CC3)cc21. The number of carbonyl (C=O) groups is 3. The minimum absolute atomic E-state index is 0.0872. The van der Waals surface area contributed by atoms with Gasteiger partial charge >= 0.3 is 11.9 Å². The molecule has 2 aliphatic heterocycles. The van der Waals surface area contributed by atoms with Crippen LogP contribution >= 0.6 is 0 Å². The van der Waals surface area contributed by atoms with Crippen molar-refractivity contribution in [3.8, 4) is 5.75 Å². The number of carbonyl (C=O) groups excluding carboxylic acids is 2. The van der Waals surface area contributed by atoms with E-state index in [0.717, 1.165) is 56.0 Å². The van der Waals surface area contributed by atoms with E-state index in [-0.39, 0.29) is 18.7 Å². The molecular formula is C31H41N3O6. The number of unbranched alkanes of at least 4 members (excludes halogenated alkanes) is 1. The normalized spacial score (nSPS) is 16.4. The topological polar surface area (TPSA) is 99.6 Å². The van der Waals surface area contributed by atoms with Crippen LogP contribution in [-0.2, 0) is 25.5 Å². The van der Waals surface area contributed by atoms with Crippen molar-refractivity contribution in [2.24, 2.45) is 0 Å². The summed E-state index contributed by atoms with van der Waals surface area (Å²) in [7, 11) is 0. The Morgan fingerprint density at radius 1 is 1.00 bits per heavy atom. The third-order valence-corrected chi connectivity index (χ3v) is 7.76. The van der Waals surface area contributed by atoms with E-state index in [0.29, 0.717) is 30.9 Å². The van der Waals surface area contributed by atoms with E-state index in [1.807, 2.05) is 12.1 Å². The van der Waals surface area contributed by atoms with Gasteiger partial charge in [-0.25, -0.2) is 4.79 Å². The molecule has 0 aliphatic carbocycles. The molecule has 2 aliphatic rings. The largest absolute Gasteiger partial charge is 0.494 e. The number of nitrogens with zero attached hydrogens (tertiary/aromatic N) is 3. The average Bonchev–Trinajstić information content (AvgIpc) is 2.94. The van der Waals surface area contributed by atoms with Gasteiger partial charge in [-0.1, -0.05) is 25.1 Å². The summed E-state index contributed by atoms with van der Waals surface area (Å²) in [5.74, 6) is -1.86. The summed E-state index contributed by atoms with van der Waals surface area (Å²) in [4.78, 5) is 42.8.